The minimum atomic E-state index is -0.205. The molecular weight excluding hydrogens is 347 g/mol. The monoisotopic (exact) mass is 360 g/mol. The van der Waals surface area contributed by atoms with Crippen LogP contribution in [0.5, 0.6) is 0 Å². The molecule has 1 atom stereocenters. The Labute approximate surface area is 128 Å². The molecule has 6 heteroatoms. The third-order valence-electron chi connectivity index (χ3n) is 2.61. The second-order valence-corrected chi connectivity index (χ2v) is 6.98. The molecule has 0 fully saturated rings. The fourth-order valence-electron chi connectivity index (χ4n) is 1.61. The van der Waals surface area contributed by atoms with Crippen LogP contribution in [0, 0.1) is 5.82 Å². The van der Waals surface area contributed by atoms with Crippen LogP contribution in [0.1, 0.15) is 4.88 Å². The Bertz CT molecular complexity index is 533. The van der Waals surface area contributed by atoms with Crippen molar-refractivity contribution in [3.63, 3.8) is 0 Å². The number of rotatable bonds is 6. The highest BCUT2D eigenvalue weighted by molar-refractivity contribution is 9.10. The van der Waals surface area contributed by atoms with Gasteiger partial charge in [-0.1, -0.05) is 6.07 Å². The molecule has 0 amide bonds. The maximum absolute atomic E-state index is 13.1. The maximum atomic E-state index is 13.1. The van der Waals surface area contributed by atoms with Gasteiger partial charge in [0.05, 0.1) is 0 Å². The molecule has 2 nitrogen and oxygen atoms in total. The predicted octanol–water partition coefficient (Wildman–Crippen LogP) is 3.82. The topological polar surface area (TPSA) is 38.0 Å². The van der Waals surface area contributed by atoms with Gasteiger partial charge in [-0.25, -0.2) is 4.39 Å². The van der Waals surface area contributed by atoms with E-state index in [1.807, 2.05) is 17.5 Å². The molecule has 102 valence electrons. The summed E-state index contributed by atoms with van der Waals surface area (Å²) in [6.45, 7) is 0. The molecule has 0 spiro atoms. The maximum Gasteiger partial charge on any atom is 0.124 e. The molecule has 0 bridgehead atoms. The number of nitrogens with one attached hydrogen (secondary N) is 1. The molecule has 1 aromatic heterocycles. The predicted molar refractivity (Wildman–Crippen MR) is 84.0 cm³/mol. The average molecular weight is 361 g/mol. The van der Waals surface area contributed by atoms with Crippen LogP contribution in [0.2, 0.25) is 0 Å². The Kier molecular flexibility index (Phi) is 5.84. The zero-order chi connectivity index (χ0) is 13.7. The number of benzene rings is 1. The summed E-state index contributed by atoms with van der Waals surface area (Å²) in [6, 6.07) is 8.81. The lowest BCUT2D eigenvalue weighted by Crippen LogP contribution is -2.38. The third kappa shape index (κ3) is 4.57. The van der Waals surface area contributed by atoms with E-state index in [1.54, 1.807) is 35.2 Å². The molecule has 1 heterocycles. The van der Waals surface area contributed by atoms with Gasteiger partial charge < -0.3 is 0 Å². The molecule has 1 aromatic carbocycles. The molecule has 0 saturated heterocycles. The van der Waals surface area contributed by atoms with Crippen LogP contribution in [0.15, 0.2) is 45.1 Å². The molecular formula is C13H14BrFN2S2. The van der Waals surface area contributed by atoms with Gasteiger partial charge in [0.25, 0.3) is 0 Å². The van der Waals surface area contributed by atoms with Crippen LogP contribution in [0.25, 0.3) is 0 Å². The summed E-state index contributed by atoms with van der Waals surface area (Å²) in [6.07, 6.45) is 0.858. The van der Waals surface area contributed by atoms with Crippen molar-refractivity contribution in [3.8, 4) is 0 Å². The molecule has 2 aromatic rings. The first kappa shape index (κ1) is 15.0. The summed E-state index contributed by atoms with van der Waals surface area (Å²) < 4.78 is 14.2. The van der Waals surface area contributed by atoms with Gasteiger partial charge in [0.2, 0.25) is 0 Å². The van der Waals surface area contributed by atoms with Crippen LogP contribution in [0.4, 0.5) is 4.39 Å². The van der Waals surface area contributed by atoms with Gasteiger partial charge in [0, 0.05) is 32.5 Å². The van der Waals surface area contributed by atoms with Gasteiger partial charge in [-0.3, -0.25) is 11.3 Å². The first-order chi connectivity index (χ1) is 9.19. The molecule has 0 aliphatic carbocycles. The first-order valence-electron chi connectivity index (χ1n) is 5.75. The number of nitrogens with two attached hydrogens (primary N) is 1. The van der Waals surface area contributed by atoms with Crippen LogP contribution in [-0.4, -0.2) is 11.8 Å². The number of thioether (sulfide) groups is 1. The van der Waals surface area contributed by atoms with Crippen LogP contribution >= 0.6 is 39.0 Å². The average Bonchev–Trinajstić information content (AvgIpc) is 2.80. The van der Waals surface area contributed by atoms with Crippen LogP contribution in [0.3, 0.4) is 0 Å². The van der Waals surface area contributed by atoms with E-state index in [2.05, 4.69) is 21.4 Å². The highest BCUT2D eigenvalue weighted by Gasteiger charge is 2.12. The lowest BCUT2D eigenvalue weighted by Gasteiger charge is -2.15. The van der Waals surface area contributed by atoms with E-state index in [1.165, 1.54) is 10.9 Å². The van der Waals surface area contributed by atoms with E-state index < -0.39 is 0 Å². The van der Waals surface area contributed by atoms with Gasteiger partial charge in [-0.05, 0) is 45.6 Å². The molecule has 2 rings (SSSR count). The van der Waals surface area contributed by atoms with Gasteiger partial charge in [0.15, 0.2) is 0 Å². The van der Waals surface area contributed by atoms with Gasteiger partial charge >= 0.3 is 0 Å². The molecule has 1 unspecified atom stereocenters. The summed E-state index contributed by atoms with van der Waals surface area (Å²) in [5, 5.41) is 2.05. The minimum Gasteiger partial charge on any atom is -0.271 e. The lowest BCUT2D eigenvalue weighted by molar-refractivity contribution is 0.578. The Morgan fingerprint density at radius 1 is 1.42 bits per heavy atom. The van der Waals surface area contributed by atoms with Crippen molar-refractivity contribution in [3.05, 3.63) is 50.9 Å². The molecule has 0 saturated carbocycles. The Morgan fingerprint density at radius 2 is 2.26 bits per heavy atom. The van der Waals surface area contributed by atoms with Gasteiger partial charge in [-0.15, -0.1) is 23.1 Å². The fourth-order valence-corrected chi connectivity index (χ4v) is 4.19. The van der Waals surface area contributed by atoms with Gasteiger partial charge in [-0.2, -0.15) is 0 Å². The molecule has 0 aliphatic heterocycles. The fraction of sp³-hybridized carbons (Fsp3) is 0.231. The number of hydrazine groups is 1. The van der Waals surface area contributed by atoms with Crippen molar-refractivity contribution in [2.24, 2.45) is 5.84 Å². The van der Waals surface area contributed by atoms with Crippen molar-refractivity contribution in [2.45, 2.75) is 17.4 Å². The molecule has 3 N–H and O–H groups in total. The van der Waals surface area contributed by atoms with E-state index in [0.29, 0.717) is 0 Å². The van der Waals surface area contributed by atoms with Crippen molar-refractivity contribution in [1.82, 2.24) is 5.43 Å². The van der Waals surface area contributed by atoms with Crippen molar-refractivity contribution in [2.75, 3.05) is 5.75 Å². The standard InChI is InChI=1S/C13H14BrFN2S2/c14-12-4-5-18-13(12)7-10(17-16)8-19-11-3-1-2-9(15)6-11/h1-6,10,17H,7-8,16H2. The molecule has 0 radical (unpaired) electrons. The van der Waals surface area contributed by atoms with E-state index in [9.17, 15) is 4.39 Å². The number of thiophene rings is 1. The zero-order valence-electron chi connectivity index (χ0n) is 10.1. The van der Waals surface area contributed by atoms with Crippen molar-refractivity contribution < 1.29 is 4.39 Å². The third-order valence-corrected chi connectivity index (χ3v) is 5.71. The largest absolute Gasteiger partial charge is 0.271 e. The van der Waals surface area contributed by atoms with E-state index in [-0.39, 0.29) is 11.9 Å². The normalized spacial score (nSPS) is 12.6. The minimum absolute atomic E-state index is 0.156. The number of halogens is 2. The SMILES string of the molecule is NNC(CSc1cccc(F)c1)Cc1sccc1Br. The first-order valence-corrected chi connectivity index (χ1v) is 8.41. The summed E-state index contributed by atoms with van der Waals surface area (Å²) >= 11 is 6.82. The summed E-state index contributed by atoms with van der Waals surface area (Å²) in [5.41, 5.74) is 2.82. The smallest absolute Gasteiger partial charge is 0.124 e. The summed E-state index contributed by atoms with van der Waals surface area (Å²) in [4.78, 5) is 2.19. The number of hydrogen-bond acceptors (Lipinski definition) is 4. The van der Waals surface area contributed by atoms with E-state index in [4.69, 9.17) is 5.84 Å². The van der Waals surface area contributed by atoms with E-state index >= 15 is 0 Å². The Morgan fingerprint density at radius 3 is 2.89 bits per heavy atom. The van der Waals surface area contributed by atoms with Crippen molar-refractivity contribution in [1.29, 1.82) is 0 Å². The number of hydrogen-bond donors (Lipinski definition) is 2. The molecule has 0 aliphatic rings. The second kappa shape index (κ2) is 7.40. The zero-order valence-corrected chi connectivity index (χ0v) is 13.3. The van der Waals surface area contributed by atoms with Crippen molar-refractivity contribution >= 4 is 39.0 Å². The Hall–Kier alpha value is -0.400. The van der Waals surface area contributed by atoms with Crippen LogP contribution in [-0.2, 0) is 6.42 Å². The lowest BCUT2D eigenvalue weighted by atomic mass is 10.2. The Balaban J connectivity index is 1.91. The highest BCUT2D eigenvalue weighted by Crippen LogP contribution is 2.26. The second-order valence-electron chi connectivity index (χ2n) is 4.03. The van der Waals surface area contributed by atoms with Crippen LogP contribution < -0.4 is 11.3 Å². The summed E-state index contributed by atoms with van der Waals surface area (Å²) in [5.74, 6) is 6.18. The van der Waals surface area contributed by atoms with Gasteiger partial charge in [0.1, 0.15) is 5.82 Å². The summed E-state index contributed by atoms with van der Waals surface area (Å²) in [7, 11) is 0. The highest BCUT2D eigenvalue weighted by atomic mass is 79.9. The van der Waals surface area contributed by atoms with E-state index in [0.717, 1.165) is 21.5 Å². The quantitative estimate of drug-likeness (QED) is 0.467. The molecule has 19 heavy (non-hydrogen) atoms.